The quantitative estimate of drug-likeness (QED) is 0.196. The molecule has 1 atom stereocenters. The predicted molar refractivity (Wildman–Crippen MR) is 156 cm³/mol. The van der Waals surface area contributed by atoms with E-state index in [4.69, 9.17) is 9.84 Å². The molecule has 0 bridgehead atoms. The molecule has 0 radical (unpaired) electrons. The van der Waals surface area contributed by atoms with Gasteiger partial charge in [0.2, 0.25) is 0 Å². The van der Waals surface area contributed by atoms with Crippen molar-refractivity contribution >= 4 is 23.4 Å². The van der Waals surface area contributed by atoms with Gasteiger partial charge in [0.15, 0.2) is 0 Å². The number of hydrogen-bond donors (Lipinski definition) is 5. The molecule has 3 amide bonds. The van der Waals surface area contributed by atoms with Crippen LogP contribution in [0.3, 0.4) is 0 Å². The number of amides is 3. The fraction of sp³-hybridized carbons (Fsp3) is 0.267. The first-order valence-electron chi connectivity index (χ1n) is 13.2. The van der Waals surface area contributed by atoms with Crippen molar-refractivity contribution in [3.63, 3.8) is 0 Å². The third-order valence-corrected chi connectivity index (χ3v) is 6.07. The molecule has 0 saturated heterocycles. The minimum Gasteiger partial charge on any atom is -0.457 e. The predicted octanol–water partition coefficient (Wildman–Crippen LogP) is 4.53. The van der Waals surface area contributed by atoms with E-state index in [0.717, 1.165) is 5.69 Å². The minimum absolute atomic E-state index is 0.0587. The van der Waals surface area contributed by atoms with Gasteiger partial charge in [0.25, 0.3) is 5.91 Å². The van der Waals surface area contributed by atoms with Gasteiger partial charge in [0.05, 0.1) is 29.8 Å². The second kappa shape index (κ2) is 12.8. The lowest BCUT2D eigenvalue weighted by Gasteiger charge is -2.14. The maximum Gasteiger partial charge on any atom is 0.324 e. The molecule has 0 aliphatic heterocycles. The van der Waals surface area contributed by atoms with E-state index >= 15 is 0 Å². The molecule has 0 aliphatic rings. The summed E-state index contributed by atoms with van der Waals surface area (Å²) < 4.78 is 22.0. The van der Waals surface area contributed by atoms with Crippen molar-refractivity contribution in [3.05, 3.63) is 89.6 Å². The molecule has 11 nitrogen and oxygen atoms in total. The SMILES string of the molecule is Cc1cc(Oc2ccc(NC(=O)Nc3cc(C(C)(C)C)nn3-c3cccc(C(=O)NCC(O)CO)c3)c(F)c2)ccn1. The maximum absolute atomic E-state index is 14.9. The van der Waals surface area contributed by atoms with Crippen LogP contribution in [0.2, 0.25) is 0 Å². The molecule has 0 spiro atoms. The summed E-state index contributed by atoms with van der Waals surface area (Å²) in [5.41, 5.74) is 1.75. The van der Waals surface area contributed by atoms with Crippen molar-refractivity contribution in [2.45, 2.75) is 39.2 Å². The van der Waals surface area contributed by atoms with Crippen molar-refractivity contribution in [2.75, 3.05) is 23.8 Å². The third-order valence-electron chi connectivity index (χ3n) is 6.07. The van der Waals surface area contributed by atoms with Gasteiger partial charge in [-0.25, -0.2) is 13.9 Å². The molecular formula is C30H33FN6O5. The number of ether oxygens (including phenoxy) is 1. The molecule has 2 heterocycles. The first kappa shape index (κ1) is 30.2. The number of aromatic nitrogens is 3. The summed E-state index contributed by atoms with van der Waals surface area (Å²) in [5.74, 6) is -0.0949. The van der Waals surface area contributed by atoms with E-state index in [1.54, 1.807) is 48.7 Å². The number of nitrogens with one attached hydrogen (secondary N) is 3. The van der Waals surface area contributed by atoms with Crippen molar-refractivity contribution in [3.8, 4) is 17.2 Å². The van der Waals surface area contributed by atoms with Crippen LogP contribution in [0, 0.1) is 12.7 Å². The highest BCUT2D eigenvalue weighted by Crippen LogP contribution is 2.28. The Labute approximate surface area is 242 Å². The van der Waals surface area contributed by atoms with Gasteiger partial charge in [-0.3, -0.25) is 15.1 Å². The van der Waals surface area contributed by atoms with Crippen LogP contribution in [0.4, 0.5) is 20.7 Å². The number of pyridine rings is 1. The minimum atomic E-state index is -1.08. The largest absolute Gasteiger partial charge is 0.457 e. The van der Waals surface area contributed by atoms with Crippen LogP contribution in [0.5, 0.6) is 11.5 Å². The summed E-state index contributed by atoms with van der Waals surface area (Å²) in [6.07, 6.45) is 0.512. The lowest BCUT2D eigenvalue weighted by atomic mass is 9.92. The van der Waals surface area contributed by atoms with Crippen molar-refractivity contribution < 1.29 is 28.9 Å². The molecule has 4 aromatic rings. The summed E-state index contributed by atoms with van der Waals surface area (Å²) in [6.45, 7) is 7.11. The van der Waals surface area contributed by atoms with Gasteiger partial charge in [-0.15, -0.1) is 0 Å². The van der Waals surface area contributed by atoms with E-state index in [1.165, 1.54) is 22.9 Å². The van der Waals surface area contributed by atoms with Crippen molar-refractivity contribution in [1.82, 2.24) is 20.1 Å². The Kier molecular flexibility index (Phi) is 9.18. The molecule has 2 aromatic heterocycles. The summed E-state index contributed by atoms with van der Waals surface area (Å²) in [4.78, 5) is 29.7. The summed E-state index contributed by atoms with van der Waals surface area (Å²) >= 11 is 0. The number of urea groups is 1. The van der Waals surface area contributed by atoms with Crippen LogP contribution in [0.15, 0.2) is 66.9 Å². The number of nitrogens with zero attached hydrogens (tertiary/aromatic N) is 3. The molecule has 2 aromatic carbocycles. The van der Waals surface area contributed by atoms with E-state index < -0.39 is 30.5 Å². The highest BCUT2D eigenvalue weighted by molar-refractivity contribution is 5.99. The van der Waals surface area contributed by atoms with E-state index in [0.29, 0.717) is 22.9 Å². The molecule has 0 saturated carbocycles. The number of carbonyl (C=O) groups is 2. The van der Waals surface area contributed by atoms with Gasteiger partial charge in [-0.2, -0.15) is 5.10 Å². The number of hydrogen-bond acceptors (Lipinski definition) is 7. The van der Waals surface area contributed by atoms with Gasteiger partial charge in [0, 0.05) is 47.6 Å². The zero-order valence-corrected chi connectivity index (χ0v) is 23.7. The monoisotopic (exact) mass is 576 g/mol. The molecule has 1 unspecified atom stereocenters. The van der Waals surface area contributed by atoms with Gasteiger partial charge in [0.1, 0.15) is 23.1 Å². The molecule has 0 fully saturated rings. The zero-order valence-electron chi connectivity index (χ0n) is 23.7. The van der Waals surface area contributed by atoms with E-state index in [-0.39, 0.29) is 29.0 Å². The molecule has 4 rings (SSSR count). The number of rotatable bonds is 9. The third kappa shape index (κ3) is 7.68. The molecule has 220 valence electrons. The van der Waals surface area contributed by atoms with E-state index in [2.05, 4.69) is 26.0 Å². The highest BCUT2D eigenvalue weighted by Gasteiger charge is 2.22. The number of aryl methyl sites for hydroxylation is 1. The number of carbonyl (C=O) groups excluding carboxylic acids is 2. The van der Waals surface area contributed by atoms with Crippen LogP contribution < -0.4 is 20.7 Å². The highest BCUT2D eigenvalue weighted by atomic mass is 19.1. The maximum atomic E-state index is 14.9. The summed E-state index contributed by atoms with van der Waals surface area (Å²) in [5, 5.41) is 30.9. The van der Waals surface area contributed by atoms with Crippen LogP contribution in [-0.4, -0.2) is 56.2 Å². The second-order valence-electron chi connectivity index (χ2n) is 10.6. The Morgan fingerprint density at radius 2 is 1.81 bits per heavy atom. The molecule has 5 N–H and O–H groups in total. The van der Waals surface area contributed by atoms with Gasteiger partial charge in [-0.1, -0.05) is 26.8 Å². The molecule has 0 aliphatic carbocycles. The lowest BCUT2D eigenvalue weighted by molar-refractivity contribution is 0.0802. The Hall–Kier alpha value is -4.81. The molecule has 42 heavy (non-hydrogen) atoms. The number of aliphatic hydroxyl groups is 2. The van der Waals surface area contributed by atoms with Crippen molar-refractivity contribution in [2.24, 2.45) is 0 Å². The first-order chi connectivity index (χ1) is 19.9. The average molecular weight is 577 g/mol. The number of benzene rings is 2. The Morgan fingerprint density at radius 1 is 1.05 bits per heavy atom. The van der Waals surface area contributed by atoms with Crippen LogP contribution in [0.1, 0.15) is 42.5 Å². The normalized spacial score (nSPS) is 12.0. The number of halogens is 1. The second-order valence-corrected chi connectivity index (χ2v) is 10.6. The number of aliphatic hydroxyl groups excluding tert-OH is 2. The fourth-order valence-electron chi connectivity index (χ4n) is 3.84. The zero-order chi connectivity index (χ0) is 30.4. The topological polar surface area (TPSA) is 151 Å². The smallest absolute Gasteiger partial charge is 0.324 e. The summed E-state index contributed by atoms with van der Waals surface area (Å²) in [7, 11) is 0. The number of anilines is 2. The first-order valence-corrected chi connectivity index (χ1v) is 13.2. The Bertz CT molecular complexity index is 1580. The van der Waals surface area contributed by atoms with Gasteiger partial charge < -0.3 is 25.6 Å². The average Bonchev–Trinajstić information content (AvgIpc) is 3.37. The summed E-state index contributed by atoms with van der Waals surface area (Å²) in [6, 6.07) is 15.0. The van der Waals surface area contributed by atoms with Gasteiger partial charge in [-0.05, 0) is 43.3 Å². The van der Waals surface area contributed by atoms with E-state index in [9.17, 15) is 19.1 Å². The molecular weight excluding hydrogens is 543 g/mol. The van der Waals surface area contributed by atoms with Crippen LogP contribution in [0.25, 0.3) is 5.69 Å². The van der Waals surface area contributed by atoms with Crippen molar-refractivity contribution in [1.29, 1.82) is 0 Å². The van der Waals surface area contributed by atoms with E-state index in [1.807, 2.05) is 27.7 Å². The Balaban J connectivity index is 1.53. The van der Waals surface area contributed by atoms with Crippen LogP contribution in [-0.2, 0) is 5.41 Å². The molecule has 12 heteroatoms. The van der Waals surface area contributed by atoms with Gasteiger partial charge >= 0.3 is 6.03 Å². The van der Waals surface area contributed by atoms with Crippen LogP contribution >= 0.6 is 0 Å². The fourth-order valence-corrected chi connectivity index (χ4v) is 3.84. The Morgan fingerprint density at radius 3 is 2.50 bits per heavy atom. The standard InChI is InChI=1S/C30H33FN6O5/c1-18-12-23(10-11-32-18)42-22-8-9-25(24(31)14-22)34-29(41)35-27-15-26(30(2,3)4)36-37(27)20-7-5-6-19(13-20)28(40)33-16-21(39)17-38/h5-15,21,38-39H,16-17H2,1-4H3,(H,33,40)(H2,34,35,41). The lowest BCUT2D eigenvalue weighted by Crippen LogP contribution is -2.33.